The van der Waals surface area contributed by atoms with E-state index in [1.807, 2.05) is 45.2 Å². The highest BCUT2D eigenvalue weighted by atomic mass is 127. The Kier molecular flexibility index (Phi) is 6.06. The monoisotopic (exact) mass is 541 g/mol. The summed E-state index contributed by atoms with van der Waals surface area (Å²) >= 11 is 4.08. The number of carbonyl (C=O) groups is 1. The van der Waals surface area contributed by atoms with Crippen LogP contribution in [0.3, 0.4) is 0 Å². The molecule has 2 unspecified atom stereocenters. The topological polar surface area (TPSA) is 113 Å². The van der Waals surface area contributed by atoms with Gasteiger partial charge < -0.3 is 25.8 Å². The highest BCUT2D eigenvalue weighted by molar-refractivity contribution is 14.1. The lowest BCUT2D eigenvalue weighted by atomic mass is 10.0. The lowest BCUT2D eigenvalue weighted by Crippen LogP contribution is -2.36. The van der Waals surface area contributed by atoms with Gasteiger partial charge in [-0.2, -0.15) is 0 Å². The second kappa shape index (κ2) is 7.64. The van der Waals surface area contributed by atoms with Crippen LogP contribution in [-0.2, 0) is 4.79 Å². The molecule has 0 saturated carbocycles. The normalized spacial score (nSPS) is 13.4. The van der Waals surface area contributed by atoms with Crippen molar-refractivity contribution in [3.05, 3.63) is 49.1 Å². The third-order valence-electron chi connectivity index (χ3n) is 3.04. The number of aliphatic hydroxyl groups is 1. The number of nitrogens with two attached hydrogens (primary N) is 1. The predicted octanol–water partition coefficient (Wildman–Crippen LogP) is 2.84. The quantitative estimate of drug-likeness (QED) is 0.434. The molecule has 0 amide bonds. The van der Waals surface area contributed by atoms with Crippen LogP contribution in [-0.4, -0.2) is 27.3 Å². The average Bonchev–Trinajstić information content (AvgIpc) is 2.50. The number of hydrogen-bond donors (Lipinski definition) is 4. The molecule has 0 saturated heterocycles. The van der Waals surface area contributed by atoms with Crippen LogP contribution in [0.1, 0.15) is 11.7 Å². The van der Waals surface area contributed by atoms with E-state index in [2.05, 4.69) is 0 Å². The van der Waals surface area contributed by atoms with Crippen molar-refractivity contribution < 1.29 is 24.9 Å². The molecule has 0 bridgehead atoms. The number of halogens is 2. The Labute approximate surface area is 159 Å². The van der Waals surface area contributed by atoms with Crippen LogP contribution in [0.2, 0.25) is 0 Å². The molecule has 122 valence electrons. The van der Waals surface area contributed by atoms with E-state index in [-0.39, 0.29) is 5.75 Å². The molecular weight excluding hydrogens is 528 g/mol. The molecule has 2 aromatic rings. The van der Waals surface area contributed by atoms with Crippen molar-refractivity contribution in [2.24, 2.45) is 5.73 Å². The molecule has 0 spiro atoms. The molecule has 0 heterocycles. The first-order valence-electron chi connectivity index (χ1n) is 6.42. The van der Waals surface area contributed by atoms with Gasteiger partial charge in [0, 0.05) is 0 Å². The minimum absolute atomic E-state index is 0.142. The van der Waals surface area contributed by atoms with Gasteiger partial charge in [0.15, 0.2) is 5.75 Å². The maximum Gasteiger partial charge on any atom is 0.323 e. The number of hydrogen-bond acceptors (Lipinski definition) is 5. The number of aromatic hydroxyl groups is 1. The summed E-state index contributed by atoms with van der Waals surface area (Å²) in [6.07, 6.45) is -1.31. The second-order valence-electron chi connectivity index (χ2n) is 4.72. The summed E-state index contributed by atoms with van der Waals surface area (Å²) in [6, 6.07) is 8.15. The van der Waals surface area contributed by atoms with Crippen LogP contribution in [0.4, 0.5) is 0 Å². The first kappa shape index (κ1) is 18.2. The smallest absolute Gasteiger partial charge is 0.323 e. The van der Waals surface area contributed by atoms with Crippen molar-refractivity contribution in [2.75, 3.05) is 0 Å². The Morgan fingerprint density at radius 1 is 1.13 bits per heavy atom. The lowest BCUT2D eigenvalue weighted by Gasteiger charge is -2.18. The summed E-state index contributed by atoms with van der Waals surface area (Å²) in [5.74, 6) is 0.000660. The van der Waals surface area contributed by atoms with E-state index >= 15 is 0 Å². The number of aliphatic carboxylic acids is 1. The molecule has 0 aliphatic carbocycles. The number of benzene rings is 2. The molecule has 5 N–H and O–H groups in total. The van der Waals surface area contributed by atoms with Gasteiger partial charge in [-0.3, -0.25) is 4.79 Å². The minimum Gasteiger partial charge on any atom is -0.508 e. The number of carboxylic acids is 1. The number of ether oxygens (including phenoxy) is 1. The van der Waals surface area contributed by atoms with E-state index in [0.717, 1.165) is 0 Å². The first-order chi connectivity index (χ1) is 10.8. The van der Waals surface area contributed by atoms with Crippen LogP contribution in [0.15, 0.2) is 36.4 Å². The Bertz CT molecular complexity index is 697. The van der Waals surface area contributed by atoms with E-state index < -0.39 is 18.1 Å². The van der Waals surface area contributed by atoms with Gasteiger partial charge in [0.25, 0.3) is 0 Å². The molecular formula is C15H13I2NO5. The molecule has 0 aromatic heterocycles. The molecule has 0 aliphatic rings. The maximum absolute atomic E-state index is 10.9. The number of phenolic OH excluding ortho intramolecular Hbond substituents is 1. The molecule has 0 radical (unpaired) electrons. The standard InChI is InChI=1S/C15H13I2NO5/c16-10-5-7(13(20)12(18)15(21)22)6-11(17)14(10)23-9-3-1-8(19)2-4-9/h1-6,12-13,19-20H,18H2,(H,21,22). The second-order valence-corrected chi connectivity index (χ2v) is 7.04. The Morgan fingerprint density at radius 2 is 1.65 bits per heavy atom. The van der Waals surface area contributed by atoms with Gasteiger partial charge in [0.1, 0.15) is 23.6 Å². The van der Waals surface area contributed by atoms with E-state index in [0.29, 0.717) is 24.2 Å². The van der Waals surface area contributed by atoms with Crippen LogP contribution >= 0.6 is 45.2 Å². The van der Waals surface area contributed by atoms with Crippen LogP contribution in [0, 0.1) is 7.14 Å². The Hall–Kier alpha value is -1.11. The van der Waals surface area contributed by atoms with Gasteiger partial charge in [-0.25, -0.2) is 0 Å². The van der Waals surface area contributed by atoms with E-state index in [4.69, 9.17) is 15.6 Å². The molecule has 0 aliphatic heterocycles. The summed E-state index contributed by atoms with van der Waals surface area (Å²) in [6.45, 7) is 0. The Morgan fingerprint density at radius 3 is 2.13 bits per heavy atom. The highest BCUT2D eigenvalue weighted by Gasteiger charge is 2.25. The SMILES string of the molecule is NC(C(=O)O)C(O)c1cc(I)c(Oc2ccc(O)cc2)c(I)c1. The largest absolute Gasteiger partial charge is 0.508 e. The van der Waals surface area contributed by atoms with Crippen LogP contribution < -0.4 is 10.5 Å². The zero-order valence-electron chi connectivity index (χ0n) is 11.6. The fourth-order valence-electron chi connectivity index (χ4n) is 1.82. The fourth-order valence-corrected chi connectivity index (χ4v) is 3.86. The number of phenols is 1. The van der Waals surface area contributed by atoms with E-state index in [1.54, 1.807) is 24.3 Å². The molecule has 2 rings (SSSR count). The van der Waals surface area contributed by atoms with Crippen molar-refractivity contribution in [1.29, 1.82) is 0 Å². The average molecular weight is 541 g/mol. The third kappa shape index (κ3) is 4.46. The molecule has 8 heteroatoms. The third-order valence-corrected chi connectivity index (χ3v) is 4.65. The fraction of sp³-hybridized carbons (Fsp3) is 0.133. The molecule has 2 aromatic carbocycles. The summed E-state index contributed by atoms with van der Waals surface area (Å²) < 4.78 is 7.19. The predicted molar refractivity (Wildman–Crippen MR) is 101 cm³/mol. The van der Waals surface area contributed by atoms with Crippen molar-refractivity contribution in [1.82, 2.24) is 0 Å². The summed E-state index contributed by atoms with van der Waals surface area (Å²) in [7, 11) is 0. The van der Waals surface area contributed by atoms with Gasteiger partial charge in [-0.15, -0.1) is 0 Å². The van der Waals surface area contributed by atoms with E-state index in [9.17, 15) is 15.0 Å². The number of aliphatic hydroxyl groups excluding tert-OH is 1. The van der Waals surface area contributed by atoms with Gasteiger partial charge in [0.05, 0.1) is 7.14 Å². The van der Waals surface area contributed by atoms with Gasteiger partial charge >= 0.3 is 5.97 Å². The summed E-state index contributed by atoms with van der Waals surface area (Å²) in [5.41, 5.74) is 5.87. The van der Waals surface area contributed by atoms with E-state index in [1.165, 1.54) is 12.1 Å². The van der Waals surface area contributed by atoms with Gasteiger partial charge in [-0.1, -0.05) is 0 Å². The molecule has 0 fully saturated rings. The minimum atomic E-state index is -1.40. The van der Waals surface area contributed by atoms with Crippen LogP contribution in [0.25, 0.3) is 0 Å². The van der Waals surface area contributed by atoms with Gasteiger partial charge in [0.2, 0.25) is 0 Å². The van der Waals surface area contributed by atoms with Gasteiger partial charge in [-0.05, 0) is 87.1 Å². The lowest BCUT2D eigenvalue weighted by molar-refractivity contribution is -0.141. The molecule has 23 heavy (non-hydrogen) atoms. The zero-order chi connectivity index (χ0) is 17.1. The first-order valence-corrected chi connectivity index (χ1v) is 8.57. The summed E-state index contributed by atoms with van der Waals surface area (Å²) in [4.78, 5) is 10.9. The number of carboxylic acid groups (broad SMARTS) is 1. The van der Waals surface area contributed by atoms with Crippen LogP contribution in [0.5, 0.6) is 17.2 Å². The van der Waals surface area contributed by atoms with Crippen molar-refractivity contribution in [3.63, 3.8) is 0 Å². The highest BCUT2D eigenvalue weighted by Crippen LogP contribution is 2.35. The molecule has 6 nitrogen and oxygen atoms in total. The van der Waals surface area contributed by atoms with Crippen molar-refractivity contribution >= 4 is 51.2 Å². The number of rotatable bonds is 5. The zero-order valence-corrected chi connectivity index (χ0v) is 15.9. The van der Waals surface area contributed by atoms with Crippen molar-refractivity contribution in [3.8, 4) is 17.2 Å². The molecule has 2 atom stereocenters. The Balaban J connectivity index is 2.30. The maximum atomic E-state index is 10.9. The summed E-state index contributed by atoms with van der Waals surface area (Å²) in [5, 5.41) is 28.2. The van der Waals surface area contributed by atoms with Crippen molar-refractivity contribution in [2.45, 2.75) is 12.1 Å².